The Labute approximate surface area is 632 Å². The molecule has 19 heteroatoms. The number of aliphatic hydroxyl groups is 1. The lowest BCUT2D eigenvalue weighted by Gasteiger charge is -2.21. The molecule has 0 bridgehead atoms. The fourth-order valence-corrected chi connectivity index (χ4v) is 12.2. The van der Waals surface area contributed by atoms with Gasteiger partial charge in [0.2, 0.25) is 0 Å². The van der Waals surface area contributed by atoms with Crippen LogP contribution >= 0.6 is 15.6 Å². The maximum Gasteiger partial charge on any atom is 0.472 e. The molecule has 0 aliphatic heterocycles. The average molecular weight is 1500 g/mol. The van der Waals surface area contributed by atoms with Crippen LogP contribution in [0, 0.1) is 0 Å². The van der Waals surface area contributed by atoms with Crippen LogP contribution in [-0.4, -0.2) is 96.7 Å². The van der Waals surface area contributed by atoms with Gasteiger partial charge in [-0.15, -0.1) is 0 Å². The quantitative estimate of drug-likeness (QED) is 0.0169. The maximum atomic E-state index is 13.1. The van der Waals surface area contributed by atoms with Crippen molar-refractivity contribution in [2.24, 2.45) is 0 Å². The number of rotatable bonds is 76. The lowest BCUT2D eigenvalue weighted by molar-refractivity contribution is -0.161. The van der Waals surface area contributed by atoms with Gasteiger partial charge in [-0.1, -0.05) is 297 Å². The van der Waals surface area contributed by atoms with Crippen LogP contribution in [-0.2, 0) is 65.4 Å². The molecule has 0 rings (SSSR count). The summed E-state index contributed by atoms with van der Waals surface area (Å²) in [6, 6.07) is 0. The Kier molecular flexibility index (Phi) is 73.3. The summed E-state index contributed by atoms with van der Waals surface area (Å²) in [4.78, 5) is 73.0. The second kappa shape index (κ2) is 76.6. The van der Waals surface area contributed by atoms with Crippen molar-refractivity contribution in [3.8, 4) is 0 Å². The highest BCUT2D eigenvalue weighted by atomic mass is 31.2. The van der Waals surface area contributed by atoms with E-state index >= 15 is 0 Å². The van der Waals surface area contributed by atoms with Crippen LogP contribution in [0.15, 0.2) is 122 Å². The molecule has 0 aromatic carbocycles. The standard InChI is InChI=1S/C85H146O17P2/c1-5-9-13-17-21-25-29-33-37-39-43-47-51-55-59-63-67-71-84(89)101-80(75-95-82(87)69-65-61-57-53-49-45-41-35-31-27-23-19-15-11-7-3)77-99-103(91,92)97-73-79(86)74-98-104(93,94)100-78-81(76-96-83(88)70-66-62-58-54-50-46-42-36-32-28-24-20-16-12-8-4)102-85(90)72-68-64-60-56-52-48-44-40-38-34-30-26-22-18-14-10-6-2/h21-23,25-27,33-35,37-38,41,43-44,47-48,55-56,59-60,79-81,86H,5-20,24,28-32,36,39-40,42,45-46,49-54,57-58,61-78H2,1-4H3,(H,91,92)(H,93,94)/b25-21-,26-22-,27-23-,37-33-,38-34-,41-35-,47-43-,48-44-,59-55-,60-56-/t79-,80-,81-/m1/s1. The van der Waals surface area contributed by atoms with E-state index in [4.69, 9.17) is 37.0 Å². The first kappa shape index (κ1) is 99.5. The zero-order valence-electron chi connectivity index (χ0n) is 65.4. The van der Waals surface area contributed by atoms with Gasteiger partial charge in [0, 0.05) is 25.7 Å². The van der Waals surface area contributed by atoms with Crippen molar-refractivity contribution < 1.29 is 80.2 Å². The highest BCUT2D eigenvalue weighted by Crippen LogP contribution is 2.45. The minimum Gasteiger partial charge on any atom is -0.462 e. The topological polar surface area (TPSA) is 237 Å². The van der Waals surface area contributed by atoms with Crippen molar-refractivity contribution in [2.75, 3.05) is 39.6 Å². The molecule has 0 radical (unpaired) electrons. The van der Waals surface area contributed by atoms with Crippen LogP contribution in [0.25, 0.3) is 0 Å². The van der Waals surface area contributed by atoms with Gasteiger partial charge in [0.15, 0.2) is 12.2 Å². The van der Waals surface area contributed by atoms with Gasteiger partial charge < -0.3 is 33.8 Å². The monoisotopic (exact) mass is 1500 g/mol. The largest absolute Gasteiger partial charge is 0.472 e. The smallest absolute Gasteiger partial charge is 0.462 e. The highest BCUT2D eigenvalue weighted by molar-refractivity contribution is 7.47. The van der Waals surface area contributed by atoms with Crippen molar-refractivity contribution in [1.82, 2.24) is 0 Å². The summed E-state index contributed by atoms with van der Waals surface area (Å²) < 4.78 is 68.5. The Bertz CT molecular complexity index is 2440. The minimum absolute atomic E-state index is 0.0129. The summed E-state index contributed by atoms with van der Waals surface area (Å²) in [5.41, 5.74) is 0. The normalized spacial score (nSPS) is 14.5. The SMILES string of the molecule is CCCCC/C=C\C/C=C\C/C=C\C/C=C\CCCC(=O)O[C@H](COC(=O)CCCCCCC/C=C\C/C=C\CCCCC)COP(=O)(O)OC[C@@H](O)COP(=O)(O)OC[C@@H](COC(=O)CCCCCCCCCCCCCCCCC)OC(=O)CCC/C=C\C/C=C\C/C=C\C/C=C\CCCCC. The number of carbonyl (C=O) groups excluding carboxylic acids is 4. The molecule has 0 saturated heterocycles. The van der Waals surface area contributed by atoms with E-state index in [0.717, 1.165) is 116 Å². The molecule has 2 unspecified atom stereocenters. The van der Waals surface area contributed by atoms with Gasteiger partial charge in [-0.25, -0.2) is 9.13 Å². The second-order valence-electron chi connectivity index (χ2n) is 27.0. The van der Waals surface area contributed by atoms with E-state index in [9.17, 15) is 43.2 Å². The summed E-state index contributed by atoms with van der Waals surface area (Å²) in [5, 5.41) is 10.6. The Balaban J connectivity index is 5.47. The van der Waals surface area contributed by atoms with Crippen LogP contribution in [0.2, 0.25) is 0 Å². The van der Waals surface area contributed by atoms with Crippen LogP contribution in [0.4, 0.5) is 0 Å². The molecule has 0 spiro atoms. The number of unbranched alkanes of at least 4 members (excludes halogenated alkanes) is 30. The van der Waals surface area contributed by atoms with Crippen LogP contribution in [0.5, 0.6) is 0 Å². The Hall–Kier alpha value is -4.54. The fraction of sp³-hybridized carbons (Fsp3) is 0.718. The molecule has 598 valence electrons. The van der Waals surface area contributed by atoms with Crippen molar-refractivity contribution in [1.29, 1.82) is 0 Å². The molecule has 0 aromatic rings. The molecule has 0 aliphatic rings. The van der Waals surface area contributed by atoms with Crippen LogP contribution in [0.1, 0.15) is 336 Å². The maximum absolute atomic E-state index is 13.1. The first-order valence-electron chi connectivity index (χ1n) is 40.8. The average Bonchev–Trinajstić information content (AvgIpc) is 0.907. The molecule has 3 N–H and O–H groups in total. The molecule has 0 amide bonds. The first-order valence-corrected chi connectivity index (χ1v) is 43.8. The molecule has 17 nitrogen and oxygen atoms in total. The van der Waals surface area contributed by atoms with Gasteiger partial charge in [-0.05, 0) is 135 Å². The summed E-state index contributed by atoms with van der Waals surface area (Å²) in [7, 11) is -10.00. The van der Waals surface area contributed by atoms with E-state index < -0.39 is 97.5 Å². The Morgan fingerprint density at radius 1 is 0.269 bits per heavy atom. The molecule has 104 heavy (non-hydrogen) atoms. The van der Waals surface area contributed by atoms with E-state index in [1.54, 1.807) is 0 Å². The number of esters is 4. The number of hydrogen-bond donors (Lipinski definition) is 3. The van der Waals surface area contributed by atoms with Gasteiger partial charge in [-0.2, -0.15) is 0 Å². The van der Waals surface area contributed by atoms with E-state index in [0.29, 0.717) is 38.5 Å². The molecule has 0 aliphatic carbocycles. The Morgan fingerprint density at radius 2 is 0.481 bits per heavy atom. The van der Waals surface area contributed by atoms with Crippen molar-refractivity contribution >= 4 is 39.5 Å². The van der Waals surface area contributed by atoms with Crippen molar-refractivity contribution in [3.63, 3.8) is 0 Å². The lowest BCUT2D eigenvalue weighted by atomic mass is 10.0. The number of hydrogen-bond acceptors (Lipinski definition) is 15. The summed E-state index contributed by atoms with van der Waals surface area (Å²) >= 11 is 0. The lowest BCUT2D eigenvalue weighted by Crippen LogP contribution is -2.30. The van der Waals surface area contributed by atoms with Crippen molar-refractivity contribution in [3.05, 3.63) is 122 Å². The molecule has 0 aromatic heterocycles. The molecule has 5 atom stereocenters. The van der Waals surface area contributed by atoms with Gasteiger partial charge in [-0.3, -0.25) is 37.3 Å². The zero-order chi connectivity index (χ0) is 76.0. The summed E-state index contributed by atoms with van der Waals surface area (Å²) in [5.74, 6) is -2.31. The van der Waals surface area contributed by atoms with Gasteiger partial charge >= 0.3 is 39.5 Å². The third-order valence-corrected chi connectivity index (χ3v) is 18.8. The van der Waals surface area contributed by atoms with Gasteiger partial charge in [0.25, 0.3) is 0 Å². The van der Waals surface area contributed by atoms with Crippen molar-refractivity contribution in [2.45, 2.75) is 354 Å². The van der Waals surface area contributed by atoms with E-state index in [-0.39, 0.29) is 25.7 Å². The molecular formula is C85H146O17P2. The number of carbonyl (C=O) groups is 4. The van der Waals surface area contributed by atoms with Gasteiger partial charge in [0.1, 0.15) is 19.3 Å². The number of phosphoric acid groups is 2. The van der Waals surface area contributed by atoms with Crippen LogP contribution < -0.4 is 0 Å². The molecule has 0 heterocycles. The number of phosphoric ester groups is 2. The van der Waals surface area contributed by atoms with E-state index in [1.165, 1.54) is 128 Å². The number of allylic oxidation sites excluding steroid dienone is 20. The summed E-state index contributed by atoms with van der Waals surface area (Å²) in [6.45, 7) is 4.68. The number of ether oxygens (including phenoxy) is 4. The number of aliphatic hydroxyl groups excluding tert-OH is 1. The fourth-order valence-electron chi connectivity index (χ4n) is 10.6. The van der Waals surface area contributed by atoms with E-state index in [1.807, 2.05) is 24.3 Å². The summed E-state index contributed by atoms with van der Waals surface area (Å²) in [6.07, 6.45) is 84.7. The Morgan fingerprint density at radius 3 is 0.769 bits per heavy atom. The first-order chi connectivity index (χ1) is 50.7. The highest BCUT2D eigenvalue weighted by Gasteiger charge is 2.30. The van der Waals surface area contributed by atoms with Gasteiger partial charge in [0.05, 0.1) is 26.4 Å². The molecule has 0 saturated carbocycles. The zero-order valence-corrected chi connectivity index (χ0v) is 67.2. The third kappa shape index (κ3) is 75.7. The van der Waals surface area contributed by atoms with Crippen LogP contribution in [0.3, 0.4) is 0 Å². The molecular weight excluding hydrogens is 1350 g/mol. The minimum atomic E-state index is -5.00. The second-order valence-corrected chi connectivity index (χ2v) is 29.9. The molecule has 0 fully saturated rings. The predicted molar refractivity (Wildman–Crippen MR) is 427 cm³/mol. The third-order valence-electron chi connectivity index (χ3n) is 16.9. The predicted octanol–water partition coefficient (Wildman–Crippen LogP) is 23.9. The van der Waals surface area contributed by atoms with E-state index in [2.05, 4.69) is 125 Å².